The largest absolute Gasteiger partial charge is 0.491 e. The van der Waals surface area contributed by atoms with E-state index in [2.05, 4.69) is 0 Å². The highest BCUT2D eigenvalue weighted by Gasteiger charge is 2.08. The van der Waals surface area contributed by atoms with E-state index in [0.717, 1.165) is 33.0 Å². The van der Waals surface area contributed by atoms with E-state index in [1.807, 2.05) is 48.5 Å². The Morgan fingerprint density at radius 2 is 0.943 bits per heavy atom. The fourth-order valence-corrected chi connectivity index (χ4v) is 3.66. The summed E-state index contributed by atoms with van der Waals surface area (Å²) in [6.45, 7) is 1.67. The molecular formula is C28H26O7. The highest BCUT2D eigenvalue weighted by atomic mass is 16.5. The van der Waals surface area contributed by atoms with E-state index in [9.17, 15) is 9.59 Å². The molecule has 0 radical (unpaired) electrons. The van der Waals surface area contributed by atoms with Crippen LogP contribution in [-0.2, 0) is 14.2 Å². The van der Waals surface area contributed by atoms with Crippen molar-refractivity contribution in [2.24, 2.45) is 0 Å². The van der Waals surface area contributed by atoms with Crippen LogP contribution in [0.1, 0.15) is 20.7 Å². The SMILES string of the molecule is COC(=O)c1ccc2cc(OCCOCCOc3ccc4cc(C(=O)OC)ccc4c3)ccc2c1. The maximum atomic E-state index is 11.7. The minimum absolute atomic E-state index is 0.358. The van der Waals surface area contributed by atoms with Gasteiger partial charge in [-0.3, -0.25) is 0 Å². The fraction of sp³-hybridized carbons (Fsp3) is 0.214. The molecule has 0 aliphatic carbocycles. The van der Waals surface area contributed by atoms with Gasteiger partial charge in [-0.05, 0) is 70.1 Å². The zero-order chi connectivity index (χ0) is 24.6. The molecule has 0 N–H and O–H groups in total. The molecule has 0 bridgehead atoms. The number of carbonyl (C=O) groups is 2. The summed E-state index contributed by atoms with van der Waals surface area (Å²) in [5, 5.41) is 3.82. The third-order valence-corrected chi connectivity index (χ3v) is 5.46. The van der Waals surface area contributed by atoms with Gasteiger partial charge in [0.2, 0.25) is 0 Å². The molecule has 0 unspecified atom stereocenters. The van der Waals surface area contributed by atoms with Gasteiger partial charge in [0, 0.05) is 0 Å². The number of rotatable bonds is 10. The average molecular weight is 475 g/mol. The van der Waals surface area contributed by atoms with Gasteiger partial charge in [-0.15, -0.1) is 0 Å². The van der Waals surface area contributed by atoms with Crippen molar-refractivity contribution in [3.8, 4) is 11.5 Å². The lowest BCUT2D eigenvalue weighted by Crippen LogP contribution is -2.12. The lowest BCUT2D eigenvalue weighted by atomic mass is 10.1. The zero-order valence-corrected chi connectivity index (χ0v) is 19.6. The summed E-state index contributed by atoms with van der Waals surface area (Å²) in [5.41, 5.74) is 1.03. The summed E-state index contributed by atoms with van der Waals surface area (Å²) < 4.78 is 26.7. The molecule has 0 aromatic heterocycles. The fourth-order valence-electron chi connectivity index (χ4n) is 3.66. The molecule has 0 saturated carbocycles. The Hall–Kier alpha value is -4.10. The number of hydrogen-bond donors (Lipinski definition) is 0. The van der Waals surface area contributed by atoms with Crippen LogP contribution in [0.2, 0.25) is 0 Å². The van der Waals surface area contributed by atoms with E-state index in [0.29, 0.717) is 37.6 Å². The monoisotopic (exact) mass is 474 g/mol. The summed E-state index contributed by atoms with van der Waals surface area (Å²) in [7, 11) is 2.73. The molecule has 0 heterocycles. The first-order valence-electron chi connectivity index (χ1n) is 11.1. The quantitative estimate of drug-likeness (QED) is 0.235. The lowest BCUT2D eigenvalue weighted by Gasteiger charge is -2.10. The molecule has 0 spiro atoms. The van der Waals surface area contributed by atoms with Crippen molar-refractivity contribution < 1.29 is 33.3 Å². The highest BCUT2D eigenvalue weighted by Crippen LogP contribution is 2.23. The summed E-state index contributed by atoms with van der Waals surface area (Å²) in [4.78, 5) is 23.3. The van der Waals surface area contributed by atoms with Crippen molar-refractivity contribution in [1.29, 1.82) is 0 Å². The van der Waals surface area contributed by atoms with Crippen LogP contribution in [0, 0.1) is 0 Å². The maximum absolute atomic E-state index is 11.7. The highest BCUT2D eigenvalue weighted by molar-refractivity contribution is 5.96. The summed E-state index contributed by atoms with van der Waals surface area (Å²) in [6.07, 6.45) is 0. The number of benzene rings is 4. The molecule has 0 saturated heterocycles. The Bertz CT molecular complexity index is 1240. The van der Waals surface area contributed by atoms with Crippen molar-refractivity contribution in [3.05, 3.63) is 83.9 Å². The van der Waals surface area contributed by atoms with E-state index in [-0.39, 0.29) is 11.9 Å². The normalized spacial score (nSPS) is 10.8. The maximum Gasteiger partial charge on any atom is 0.337 e. The number of carbonyl (C=O) groups excluding carboxylic acids is 2. The topological polar surface area (TPSA) is 80.3 Å². The average Bonchev–Trinajstić information content (AvgIpc) is 2.90. The van der Waals surface area contributed by atoms with Gasteiger partial charge in [0.25, 0.3) is 0 Å². The predicted octanol–water partition coefficient (Wildman–Crippen LogP) is 5.04. The molecule has 4 rings (SSSR count). The summed E-state index contributed by atoms with van der Waals surface area (Å²) >= 11 is 0. The van der Waals surface area contributed by atoms with Crippen LogP contribution in [0.15, 0.2) is 72.8 Å². The molecule has 35 heavy (non-hydrogen) atoms. The molecule has 0 atom stereocenters. The van der Waals surface area contributed by atoms with E-state index >= 15 is 0 Å². The second kappa shape index (κ2) is 11.4. The standard InChI is InChI=1S/C28H26O7/c1-31-27(29)23-5-3-21-17-25(9-7-19(21)15-23)34-13-11-33-12-14-35-26-10-8-20-16-24(28(30)32-2)6-4-22(20)18-26/h3-10,15-18H,11-14H2,1-2H3. The molecule has 7 nitrogen and oxygen atoms in total. The molecule has 180 valence electrons. The predicted molar refractivity (Wildman–Crippen MR) is 132 cm³/mol. The Morgan fingerprint density at radius 3 is 1.37 bits per heavy atom. The first-order valence-corrected chi connectivity index (χ1v) is 11.1. The number of methoxy groups -OCH3 is 2. The van der Waals surface area contributed by atoms with Gasteiger partial charge in [0.05, 0.1) is 38.6 Å². The van der Waals surface area contributed by atoms with E-state index < -0.39 is 0 Å². The van der Waals surface area contributed by atoms with Gasteiger partial charge in [-0.1, -0.05) is 24.3 Å². The van der Waals surface area contributed by atoms with E-state index in [1.165, 1.54) is 14.2 Å². The van der Waals surface area contributed by atoms with Crippen molar-refractivity contribution in [2.75, 3.05) is 40.6 Å². The Balaban J connectivity index is 1.19. The molecular weight excluding hydrogens is 448 g/mol. The Morgan fingerprint density at radius 1 is 0.543 bits per heavy atom. The van der Waals surface area contributed by atoms with Crippen molar-refractivity contribution in [1.82, 2.24) is 0 Å². The molecule has 7 heteroatoms. The van der Waals surface area contributed by atoms with Crippen LogP contribution in [0.5, 0.6) is 11.5 Å². The van der Waals surface area contributed by atoms with Crippen LogP contribution in [-0.4, -0.2) is 52.6 Å². The van der Waals surface area contributed by atoms with Crippen LogP contribution in [0.4, 0.5) is 0 Å². The lowest BCUT2D eigenvalue weighted by molar-refractivity contribution is 0.0592. The van der Waals surface area contributed by atoms with Crippen LogP contribution < -0.4 is 9.47 Å². The van der Waals surface area contributed by atoms with Crippen molar-refractivity contribution in [2.45, 2.75) is 0 Å². The van der Waals surface area contributed by atoms with Gasteiger partial charge < -0.3 is 23.7 Å². The molecule has 4 aromatic rings. The number of ether oxygens (including phenoxy) is 5. The number of hydrogen-bond acceptors (Lipinski definition) is 7. The van der Waals surface area contributed by atoms with E-state index in [1.54, 1.807) is 24.3 Å². The van der Waals surface area contributed by atoms with Crippen molar-refractivity contribution >= 4 is 33.5 Å². The molecule has 0 aliphatic rings. The minimum atomic E-state index is -0.358. The van der Waals surface area contributed by atoms with Crippen LogP contribution in [0.3, 0.4) is 0 Å². The zero-order valence-electron chi connectivity index (χ0n) is 19.6. The minimum Gasteiger partial charge on any atom is -0.491 e. The third-order valence-electron chi connectivity index (χ3n) is 5.46. The summed E-state index contributed by atoms with van der Waals surface area (Å²) in [5.74, 6) is 0.746. The molecule has 0 amide bonds. The van der Waals surface area contributed by atoms with Gasteiger partial charge >= 0.3 is 11.9 Å². The summed E-state index contributed by atoms with van der Waals surface area (Å²) in [6, 6.07) is 22.2. The van der Waals surface area contributed by atoms with Crippen LogP contribution >= 0.6 is 0 Å². The van der Waals surface area contributed by atoms with Gasteiger partial charge in [0.1, 0.15) is 24.7 Å². The molecule has 0 fully saturated rings. The first-order chi connectivity index (χ1) is 17.1. The van der Waals surface area contributed by atoms with Gasteiger partial charge in [-0.25, -0.2) is 9.59 Å². The first kappa shape index (κ1) is 24.0. The Kier molecular flexibility index (Phi) is 7.80. The van der Waals surface area contributed by atoms with Gasteiger partial charge in [-0.2, -0.15) is 0 Å². The molecule has 0 aliphatic heterocycles. The van der Waals surface area contributed by atoms with E-state index in [4.69, 9.17) is 23.7 Å². The second-order valence-corrected chi connectivity index (χ2v) is 7.74. The third kappa shape index (κ3) is 6.07. The van der Waals surface area contributed by atoms with Crippen LogP contribution in [0.25, 0.3) is 21.5 Å². The van der Waals surface area contributed by atoms with Gasteiger partial charge in [0.15, 0.2) is 0 Å². The second-order valence-electron chi connectivity index (χ2n) is 7.74. The van der Waals surface area contributed by atoms with Crippen molar-refractivity contribution in [3.63, 3.8) is 0 Å². The smallest absolute Gasteiger partial charge is 0.337 e. The number of esters is 2. The molecule has 4 aromatic carbocycles. The number of fused-ring (bicyclic) bond motifs is 2. The Labute approximate surface area is 203 Å².